The van der Waals surface area contributed by atoms with Crippen LogP contribution in [-0.4, -0.2) is 49.8 Å². The predicted octanol–water partition coefficient (Wildman–Crippen LogP) is 1.48. The van der Waals surface area contributed by atoms with Gasteiger partial charge in [0.1, 0.15) is 11.5 Å². The summed E-state index contributed by atoms with van der Waals surface area (Å²) < 4.78 is 16.0. The molecule has 0 aliphatic carbocycles. The monoisotopic (exact) mass is 388 g/mol. The largest absolute Gasteiger partial charge is 0.508 e. The zero-order valence-electron chi connectivity index (χ0n) is 15.8. The first kappa shape index (κ1) is 20.9. The van der Waals surface area contributed by atoms with E-state index in [0.717, 1.165) is 0 Å². The quantitative estimate of drug-likeness (QED) is 0.533. The Hall–Kier alpha value is -3.42. The zero-order chi connectivity index (χ0) is 20.4. The summed E-state index contributed by atoms with van der Waals surface area (Å²) >= 11 is 0. The summed E-state index contributed by atoms with van der Waals surface area (Å²) in [6.07, 6.45) is -0.714. The van der Waals surface area contributed by atoms with E-state index >= 15 is 0 Å². The van der Waals surface area contributed by atoms with Crippen molar-refractivity contribution in [3.8, 4) is 23.0 Å². The van der Waals surface area contributed by atoms with E-state index in [9.17, 15) is 14.7 Å². The number of carbonyl (C=O) groups excluding carboxylic acids is 2. The van der Waals surface area contributed by atoms with E-state index in [2.05, 4.69) is 10.6 Å². The summed E-state index contributed by atoms with van der Waals surface area (Å²) in [6, 6.07) is 13.1. The van der Waals surface area contributed by atoms with E-state index in [-0.39, 0.29) is 37.3 Å². The van der Waals surface area contributed by atoms with Gasteiger partial charge in [-0.2, -0.15) is 0 Å². The van der Waals surface area contributed by atoms with Crippen molar-refractivity contribution in [3.63, 3.8) is 0 Å². The number of phenolic OH excluding ortho intramolecular Hbond substituents is 1. The number of methoxy groups -OCH3 is 1. The molecule has 0 heterocycles. The molecule has 2 amide bonds. The van der Waals surface area contributed by atoms with Crippen LogP contribution in [0.2, 0.25) is 0 Å². The Labute approximate surface area is 163 Å². The Morgan fingerprint density at radius 1 is 1.00 bits per heavy atom. The lowest BCUT2D eigenvalue weighted by Crippen LogP contribution is -2.41. The van der Waals surface area contributed by atoms with Gasteiger partial charge in [0, 0.05) is 13.1 Å². The maximum atomic E-state index is 12.0. The van der Waals surface area contributed by atoms with Crippen molar-refractivity contribution < 1.29 is 28.9 Å². The Morgan fingerprint density at radius 3 is 2.32 bits per heavy atom. The number of benzene rings is 2. The van der Waals surface area contributed by atoms with E-state index in [1.807, 2.05) is 0 Å². The van der Waals surface area contributed by atoms with E-state index in [1.54, 1.807) is 43.3 Å². The van der Waals surface area contributed by atoms with Crippen LogP contribution < -0.4 is 24.8 Å². The van der Waals surface area contributed by atoms with Crippen molar-refractivity contribution in [2.75, 3.05) is 26.8 Å². The molecule has 0 aromatic heterocycles. The second-order valence-electron chi connectivity index (χ2n) is 5.83. The van der Waals surface area contributed by atoms with Crippen LogP contribution in [0.25, 0.3) is 0 Å². The molecule has 0 aliphatic rings. The lowest BCUT2D eigenvalue weighted by molar-refractivity contribution is -0.127. The molecule has 3 N–H and O–H groups in total. The average Bonchev–Trinajstić information content (AvgIpc) is 2.71. The minimum absolute atomic E-state index is 0.120. The summed E-state index contributed by atoms with van der Waals surface area (Å²) in [6.45, 7) is 1.96. The van der Waals surface area contributed by atoms with Crippen molar-refractivity contribution >= 4 is 11.8 Å². The lowest BCUT2D eigenvalue weighted by Gasteiger charge is -2.15. The van der Waals surface area contributed by atoms with Crippen LogP contribution >= 0.6 is 0 Å². The van der Waals surface area contributed by atoms with Gasteiger partial charge in [0.25, 0.3) is 11.8 Å². The normalized spacial score (nSPS) is 11.2. The highest BCUT2D eigenvalue weighted by Gasteiger charge is 2.14. The molecule has 0 saturated carbocycles. The van der Waals surface area contributed by atoms with E-state index in [4.69, 9.17) is 14.2 Å². The van der Waals surface area contributed by atoms with E-state index in [1.165, 1.54) is 19.2 Å². The highest BCUT2D eigenvalue weighted by Crippen LogP contribution is 2.25. The highest BCUT2D eigenvalue weighted by atomic mass is 16.5. The number of amides is 2. The highest BCUT2D eigenvalue weighted by molar-refractivity contribution is 5.81. The first-order valence-electron chi connectivity index (χ1n) is 8.75. The first-order chi connectivity index (χ1) is 13.5. The maximum Gasteiger partial charge on any atom is 0.260 e. The van der Waals surface area contributed by atoms with Crippen molar-refractivity contribution in [2.24, 2.45) is 0 Å². The Kier molecular flexibility index (Phi) is 7.95. The third-order valence-corrected chi connectivity index (χ3v) is 3.69. The van der Waals surface area contributed by atoms with Crippen LogP contribution in [-0.2, 0) is 9.59 Å². The van der Waals surface area contributed by atoms with Gasteiger partial charge in [0.15, 0.2) is 24.2 Å². The number of rotatable bonds is 10. The maximum absolute atomic E-state index is 12.0. The second kappa shape index (κ2) is 10.7. The second-order valence-corrected chi connectivity index (χ2v) is 5.83. The molecule has 1 unspecified atom stereocenters. The molecule has 0 fully saturated rings. The summed E-state index contributed by atoms with van der Waals surface area (Å²) in [7, 11) is 1.53. The molecule has 0 spiro atoms. The first-order valence-corrected chi connectivity index (χ1v) is 8.75. The molecule has 0 aliphatic heterocycles. The third kappa shape index (κ3) is 6.71. The summed E-state index contributed by atoms with van der Waals surface area (Å²) in [5.41, 5.74) is 0. The number of phenols is 1. The zero-order valence-corrected chi connectivity index (χ0v) is 15.8. The van der Waals surface area contributed by atoms with Crippen molar-refractivity contribution in [3.05, 3.63) is 48.5 Å². The Morgan fingerprint density at radius 2 is 1.64 bits per heavy atom. The van der Waals surface area contributed by atoms with Crippen LogP contribution in [0.15, 0.2) is 48.5 Å². The number of ether oxygens (including phenoxy) is 3. The van der Waals surface area contributed by atoms with Crippen LogP contribution in [0, 0.1) is 0 Å². The van der Waals surface area contributed by atoms with Gasteiger partial charge in [0.2, 0.25) is 0 Å². The topological polar surface area (TPSA) is 106 Å². The molecule has 2 aromatic carbocycles. The number of hydrogen-bond donors (Lipinski definition) is 3. The molecule has 1 atom stereocenters. The fourth-order valence-corrected chi connectivity index (χ4v) is 2.25. The van der Waals surface area contributed by atoms with Crippen molar-refractivity contribution in [2.45, 2.75) is 13.0 Å². The van der Waals surface area contributed by atoms with Gasteiger partial charge >= 0.3 is 0 Å². The molecule has 0 saturated heterocycles. The molecule has 2 aromatic rings. The Balaban J connectivity index is 1.63. The minimum atomic E-state index is -0.714. The van der Waals surface area contributed by atoms with Gasteiger partial charge in [-0.3, -0.25) is 9.59 Å². The average molecular weight is 388 g/mol. The van der Waals surface area contributed by atoms with Gasteiger partial charge in [-0.25, -0.2) is 0 Å². The van der Waals surface area contributed by atoms with Crippen molar-refractivity contribution in [1.82, 2.24) is 10.6 Å². The molecule has 0 radical (unpaired) electrons. The van der Waals surface area contributed by atoms with Gasteiger partial charge in [-0.15, -0.1) is 0 Å². The fraction of sp³-hybridized carbons (Fsp3) is 0.300. The fourth-order valence-electron chi connectivity index (χ4n) is 2.25. The molecular weight excluding hydrogens is 364 g/mol. The van der Waals surface area contributed by atoms with E-state index < -0.39 is 6.10 Å². The molecule has 0 bridgehead atoms. The van der Waals surface area contributed by atoms with Gasteiger partial charge in [-0.05, 0) is 43.3 Å². The molecule has 8 nitrogen and oxygen atoms in total. The van der Waals surface area contributed by atoms with Crippen LogP contribution in [0.1, 0.15) is 6.92 Å². The smallest absolute Gasteiger partial charge is 0.260 e. The predicted molar refractivity (Wildman–Crippen MR) is 103 cm³/mol. The number of para-hydroxylation sites is 2. The summed E-state index contributed by atoms with van der Waals surface area (Å²) in [5, 5.41) is 14.6. The molecule has 8 heteroatoms. The van der Waals surface area contributed by atoms with Crippen LogP contribution in [0.3, 0.4) is 0 Å². The standard InChI is InChI=1S/C20H24N2O6/c1-14(28-16-9-7-15(23)8-10-16)20(25)22-12-11-21-19(24)13-27-18-6-4-3-5-17(18)26-2/h3-10,14,23H,11-13H2,1-2H3,(H,21,24)(H,22,25). The van der Waals surface area contributed by atoms with Gasteiger partial charge in [0.05, 0.1) is 7.11 Å². The minimum Gasteiger partial charge on any atom is -0.508 e. The number of hydrogen-bond acceptors (Lipinski definition) is 6. The molecule has 150 valence electrons. The summed E-state index contributed by atoms with van der Waals surface area (Å²) in [5.74, 6) is 0.997. The Bertz CT molecular complexity index is 779. The molecule has 2 rings (SSSR count). The molecule has 28 heavy (non-hydrogen) atoms. The van der Waals surface area contributed by atoms with Crippen molar-refractivity contribution in [1.29, 1.82) is 0 Å². The number of carbonyl (C=O) groups is 2. The lowest BCUT2D eigenvalue weighted by atomic mass is 10.3. The number of aromatic hydroxyl groups is 1. The van der Waals surface area contributed by atoms with Crippen LogP contribution in [0.4, 0.5) is 0 Å². The SMILES string of the molecule is COc1ccccc1OCC(=O)NCCNC(=O)C(C)Oc1ccc(O)cc1. The third-order valence-electron chi connectivity index (χ3n) is 3.69. The summed E-state index contributed by atoms with van der Waals surface area (Å²) in [4.78, 5) is 23.8. The molecular formula is C20H24N2O6. The number of nitrogens with one attached hydrogen (secondary N) is 2. The van der Waals surface area contributed by atoms with Gasteiger partial charge < -0.3 is 30.0 Å². The van der Waals surface area contributed by atoms with Gasteiger partial charge in [-0.1, -0.05) is 12.1 Å². The van der Waals surface area contributed by atoms with E-state index in [0.29, 0.717) is 17.2 Å². The van der Waals surface area contributed by atoms with Crippen LogP contribution in [0.5, 0.6) is 23.0 Å².